The van der Waals surface area contributed by atoms with E-state index in [9.17, 15) is 5.11 Å². The Balaban J connectivity index is 1.48. The van der Waals surface area contributed by atoms with Gasteiger partial charge in [0.15, 0.2) is 5.82 Å². The van der Waals surface area contributed by atoms with E-state index in [4.69, 9.17) is 0 Å². The number of aliphatic hydroxyl groups is 1. The van der Waals surface area contributed by atoms with Crippen LogP contribution in [0.4, 0.5) is 0 Å². The van der Waals surface area contributed by atoms with Gasteiger partial charge in [0.25, 0.3) is 0 Å². The smallest absolute Gasteiger partial charge is 0.170 e. The molecular formula is C17H22N8O. The monoisotopic (exact) mass is 354 g/mol. The molecule has 9 nitrogen and oxygen atoms in total. The lowest BCUT2D eigenvalue weighted by Gasteiger charge is -2.38. The summed E-state index contributed by atoms with van der Waals surface area (Å²) in [5.41, 5.74) is 0.114. The number of nitrogens with zero attached hydrogens (tertiary/aromatic N) is 8. The van der Waals surface area contributed by atoms with Crippen molar-refractivity contribution >= 4 is 0 Å². The summed E-state index contributed by atoms with van der Waals surface area (Å²) in [5, 5.41) is 31.2. The van der Waals surface area contributed by atoms with E-state index in [1.54, 1.807) is 11.0 Å². The van der Waals surface area contributed by atoms with Crippen LogP contribution < -0.4 is 0 Å². The third-order valence-electron chi connectivity index (χ3n) is 4.83. The van der Waals surface area contributed by atoms with E-state index >= 15 is 0 Å². The van der Waals surface area contributed by atoms with Crippen molar-refractivity contribution in [1.29, 1.82) is 0 Å². The highest BCUT2D eigenvalue weighted by molar-refractivity contribution is 5.30. The van der Waals surface area contributed by atoms with Crippen molar-refractivity contribution in [3.8, 4) is 5.69 Å². The largest absolute Gasteiger partial charge is 0.388 e. The van der Waals surface area contributed by atoms with Gasteiger partial charge in [-0.1, -0.05) is 18.2 Å². The maximum atomic E-state index is 11.1. The van der Waals surface area contributed by atoms with Crippen LogP contribution in [0.15, 0.2) is 36.7 Å². The molecule has 1 aromatic carbocycles. The normalized spacial score (nSPS) is 21.2. The van der Waals surface area contributed by atoms with Gasteiger partial charge >= 0.3 is 0 Å². The molecule has 4 rings (SSSR count). The molecule has 9 heteroatoms. The molecule has 0 amide bonds. The maximum absolute atomic E-state index is 11.1. The standard InChI is InChI=1S/C17H22N8O/c1-23-13-18-19-15(23)10-17(26)8-5-9-24(12-17)11-16-20-21-22-25(16)14-6-3-2-4-7-14/h2-4,6-7,13,26H,5,8-12H2,1H3. The first-order valence-electron chi connectivity index (χ1n) is 8.73. The highest BCUT2D eigenvalue weighted by atomic mass is 16.3. The number of hydrogen-bond acceptors (Lipinski definition) is 7. The molecule has 26 heavy (non-hydrogen) atoms. The van der Waals surface area contributed by atoms with Crippen LogP contribution in [0.2, 0.25) is 0 Å². The Labute approximate surface area is 151 Å². The molecule has 0 aliphatic carbocycles. The van der Waals surface area contributed by atoms with Crippen LogP contribution in [-0.2, 0) is 20.0 Å². The Bertz CT molecular complexity index is 861. The summed E-state index contributed by atoms with van der Waals surface area (Å²) in [5.74, 6) is 1.56. The van der Waals surface area contributed by atoms with Crippen LogP contribution in [0, 0.1) is 0 Å². The van der Waals surface area contributed by atoms with Crippen molar-refractivity contribution in [1.82, 2.24) is 39.9 Å². The number of rotatable bonds is 5. The topological polar surface area (TPSA) is 97.8 Å². The summed E-state index contributed by atoms with van der Waals surface area (Å²) < 4.78 is 3.60. The van der Waals surface area contributed by atoms with Crippen LogP contribution in [-0.4, -0.2) is 63.7 Å². The average molecular weight is 354 g/mol. The lowest BCUT2D eigenvalue weighted by Crippen LogP contribution is -2.49. The van der Waals surface area contributed by atoms with E-state index in [1.165, 1.54) is 0 Å². The minimum atomic E-state index is -0.815. The van der Waals surface area contributed by atoms with Crippen LogP contribution in [0.1, 0.15) is 24.5 Å². The van der Waals surface area contributed by atoms with E-state index in [1.807, 2.05) is 41.9 Å². The number of β-amino-alcohol motifs (C(OH)–C–C–N with tert-alkyl or cyclic N) is 1. The molecule has 0 spiro atoms. The van der Waals surface area contributed by atoms with Gasteiger partial charge in [-0.3, -0.25) is 4.90 Å². The highest BCUT2D eigenvalue weighted by Gasteiger charge is 2.35. The Hall–Kier alpha value is -2.65. The molecule has 1 atom stereocenters. The highest BCUT2D eigenvalue weighted by Crippen LogP contribution is 2.25. The number of benzene rings is 1. The van der Waals surface area contributed by atoms with E-state index in [0.29, 0.717) is 19.5 Å². The molecule has 1 N–H and O–H groups in total. The van der Waals surface area contributed by atoms with Crippen molar-refractivity contribution in [2.24, 2.45) is 7.05 Å². The fourth-order valence-corrected chi connectivity index (χ4v) is 3.52. The molecule has 2 aromatic heterocycles. The van der Waals surface area contributed by atoms with Crippen molar-refractivity contribution in [3.05, 3.63) is 48.3 Å². The summed E-state index contributed by atoms with van der Waals surface area (Å²) in [6, 6.07) is 9.83. The second-order valence-electron chi connectivity index (χ2n) is 6.92. The van der Waals surface area contributed by atoms with Crippen molar-refractivity contribution in [3.63, 3.8) is 0 Å². The third kappa shape index (κ3) is 3.49. The van der Waals surface area contributed by atoms with Gasteiger partial charge in [-0.05, 0) is 41.9 Å². The number of hydrogen-bond donors (Lipinski definition) is 1. The molecule has 1 aliphatic heterocycles. The van der Waals surface area contributed by atoms with E-state index in [2.05, 4.69) is 30.6 Å². The first-order valence-corrected chi connectivity index (χ1v) is 8.73. The number of aromatic nitrogens is 7. The van der Waals surface area contributed by atoms with Crippen LogP contribution in [0.5, 0.6) is 0 Å². The molecule has 0 radical (unpaired) electrons. The molecule has 0 saturated carbocycles. The van der Waals surface area contributed by atoms with Crippen molar-refractivity contribution < 1.29 is 5.11 Å². The minimum absolute atomic E-state index is 0.490. The van der Waals surface area contributed by atoms with Crippen LogP contribution in [0.3, 0.4) is 0 Å². The van der Waals surface area contributed by atoms with Crippen molar-refractivity contribution in [2.45, 2.75) is 31.4 Å². The zero-order valence-electron chi connectivity index (χ0n) is 14.7. The second-order valence-corrected chi connectivity index (χ2v) is 6.92. The van der Waals surface area contributed by atoms with E-state index < -0.39 is 5.60 Å². The van der Waals surface area contributed by atoms with Crippen molar-refractivity contribution in [2.75, 3.05) is 13.1 Å². The number of para-hydroxylation sites is 1. The molecule has 3 aromatic rings. The number of likely N-dealkylation sites (tertiary alicyclic amines) is 1. The lowest BCUT2D eigenvalue weighted by atomic mass is 9.89. The van der Waals surface area contributed by atoms with Gasteiger partial charge in [0, 0.05) is 20.0 Å². The third-order valence-corrected chi connectivity index (χ3v) is 4.83. The minimum Gasteiger partial charge on any atom is -0.388 e. The molecule has 0 bridgehead atoms. The number of piperidine rings is 1. The number of aryl methyl sites for hydroxylation is 1. The molecule has 136 valence electrons. The summed E-state index contributed by atoms with van der Waals surface area (Å²) in [4.78, 5) is 2.20. The summed E-state index contributed by atoms with van der Waals surface area (Å²) in [6.45, 7) is 2.05. The Morgan fingerprint density at radius 3 is 2.77 bits per heavy atom. The molecule has 1 fully saturated rings. The Morgan fingerprint density at radius 2 is 2.00 bits per heavy atom. The molecule has 1 unspecified atom stereocenters. The van der Waals surface area contributed by atoms with E-state index in [0.717, 1.165) is 36.7 Å². The van der Waals surface area contributed by atoms with Gasteiger partial charge in [0.2, 0.25) is 0 Å². The maximum Gasteiger partial charge on any atom is 0.170 e. The van der Waals surface area contributed by atoms with Gasteiger partial charge in [0.05, 0.1) is 17.8 Å². The van der Waals surface area contributed by atoms with Crippen LogP contribution in [0.25, 0.3) is 5.69 Å². The summed E-state index contributed by atoms with van der Waals surface area (Å²) in [6.07, 6.45) is 3.82. The zero-order chi connectivity index (χ0) is 18.0. The summed E-state index contributed by atoms with van der Waals surface area (Å²) >= 11 is 0. The van der Waals surface area contributed by atoms with Gasteiger partial charge in [-0.25, -0.2) is 0 Å². The predicted octanol–water partition coefficient (Wildman–Crippen LogP) is 0.360. The second kappa shape index (κ2) is 6.93. The Morgan fingerprint density at radius 1 is 1.15 bits per heavy atom. The summed E-state index contributed by atoms with van der Waals surface area (Å²) in [7, 11) is 1.90. The average Bonchev–Trinajstić information content (AvgIpc) is 3.25. The van der Waals surface area contributed by atoms with Gasteiger partial charge in [-0.2, -0.15) is 4.68 Å². The molecule has 1 saturated heterocycles. The molecular weight excluding hydrogens is 332 g/mol. The molecule has 3 heterocycles. The lowest BCUT2D eigenvalue weighted by molar-refractivity contribution is -0.0352. The predicted molar refractivity (Wildman–Crippen MR) is 93.3 cm³/mol. The van der Waals surface area contributed by atoms with Gasteiger partial charge in [0.1, 0.15) is 12.2 Å². The van der Waals surface area contributed by atoms with Gasteiger partial charge < -0.3 is 9.67 Å². The van der Waals surface area contributed by atoms with E-state index in [-0.39, 0.29) is 0 Å². The zero-order valence-corrected chi connectivity index (χ0v) is 14.7. The van der Waals surface area contributed by atoms with Gasteiger partial charge in [-0.15, -0.1) is 15.3 Å². The first-order chi connectivity index (χ1) is 12.6. The first kappa shape index (κ1) is 16.8. The molecule has 1 aliphatic rings. The quantitative estimate of drug-likeness (QED) is 0.706. The SMILES string of the molecule is Cn1cnnc1CC1(O)CCCN(Cc2nnnn2-c2ccccc2)C1. The number of tetrazole rings is 1. The fourth-order valence-electron chi connectivity index (χ4n) is 3.52. The fraction of sp³-hybridized carbons (Fsp3) is 0.471. The Kier molecular flexibility index (Phi) is 4.48. The van der Waals surface area contributed by atoms with Crippen LogP contribution >= 0.6 is 0 Å².